The van der Waals surface area contributed by atoms with Crippen LogP contribution in [0.25, 0.3) is 22.7 Å². The summed E-state index contributed by atoms with van der Waals surface area (Å²) in [4.78, 5) is 22.7. The molecule has 1 amide bonds. The summed E-state index contributed by atoms with van der Waals surface area (Å²) in [7, 11) is 1.60. The fourth-order valence-corrected chi connectivity index (χ4v) is 3.91. The van der Waals surface area contributed by atoms with Crippen molar-refractivity contribution in [3.05, 3.63) is 84.6 Å². The third kappa shape index (κ3) is 4.34. The molecule has 0 atom stereocenters. The van der Waals surface area contributed by atoms with Gasteiger partial charge in [-0.3, -0.25) is 4.79 Å². The van der Waals surface area contributed by atoms with Crippen molar-refractivity contribution in [1.29, 1.82) is 0 Å². The zero-order chi connectivity index (χ0) is 22.8. The number of nitrogens with zero attached hydrogens (tertiary/aromatic N) is 6. The molecule has 0 aliphatic heterocycles. The largest absolute Gasteiger partial charge is 0.321 e. The second-order valence-corrected chi connectivity index (χ2v) is 8.15. The van der Waals surface area contributed by atoms with E-state index in [4.69, 9.17) is 4.18 Å². The fourth-order valence-electron chi connectivity index (χ4n) is 3.40. The Balaban J connectivity index is 1.55. The van der Waals surface area contributed by atoms with Gasteiger partial charge >= 0.3 is 0 Å². The van der Waals surface area contributed by atoms with Crippen LogP contribution in [0.5, 0.6) is 0 Å². The Morgan fingerprint density at radius 1 is 1.09 bits per heavy atom. The van der Waals surface area contributed by atoms with E-state index in [-0.39, 0.29) is 11.6 Å². The second kappa shape index (κ2) is 8.85. The van der Waals surface area contributed by atoms with E-state index in [0.29, 0.717) is 17.2 Å². The Morgan fingerprint density at radius 2 is 1.97 bits per heavy atom. The third-order valence-corrected chi connectivity index (χ3v) is 5.49. The lowest BCUT2D eigenvalue weighted by atomic mass is 10.2. The molecule has 0 saturated heterocycles. The highest BCUT2D eigenvalue weighted by Crippen LogP contribution is 2.25. The Kier molecular flexibility index (Phi) is 5.59. The molecule has 4 aromatic heterocycles. The van der Waals surface area contributed by atoms with E-state index in [1.807, 2.05) is 67.7 Å². The number of fused-ring (bicyclic) bond motifs is 1. The molecular weight excluding hydrogens is 438 g/mol. The second-order valence-electron chi connectivity index (χ2n) is 7.18. The maximum Gasteiger partial charge on any atom is 0.276 e. The van der Waals surface area contributed by atoms with Crippen LogP contribution in [-0.2, 0) is 4.18 Å². The number of rotatable bonds is 6. The molecule has 1 aromatic carbocycles. The zero-order valence-electron chi connectivity index (χ0n) is 17.8. The van der Waals surface area contributed by atoms with Gasteiger partial charge in [-0.05, 0) is 55.5 Å². The summed E-state index contributed by atoms with van der Waals surface area (Å²) >= 11 is 1.22. The van der Waals surface area contributed by atoms with Crippen LogP contribution < -0.4 is 5.32 Å². The molecule has 0 aliphatic carbocycles. The molecule has 0 unspecified atom stereocenters. The number of amides is 1. The Bertz CT molecular complexity index is 1460. The fraction of sp³-hybridized carbons (Fsp3) is 0.0870. The molecule has 5 rings (SSSR count). The van der Waals surface area contributed by atoms with Crippen molar-refractivity contribution in [3.8, 4) is 17.1 Å². The first kappa shape index (κ1) is 20.9. The van der Waals surface area contributed by atoms with Crippen LogP contribution in [-0.4, -0.2) is 42.4 Å². The average molecular weight is 458 g/mol. The molecule has 4 heterocycles. The van der Waals surface area contributed by atoms with E-state index < -0.39 is 0 Å². The number of pyridine rings is 2. The molecule has 9 nitrogen and oxygen atoms in total. The summed E-state index contributed by atoms with van der Waals surface area (Å²) in [5.41, 5.74) is 4.01. The molecule has 0 spiro atoms. The summed E-state index contributed by atoms with van der Waals surface area (Å²) in [6, 6.07) is 18.6. The quantitative estimate of drug-likeness (QED) is 0.382. The number of anilines is 1. The Labute approximate surface area is 193 Å². The number of carbonyl (C=O) groups is 1. The smallest absolute Gasteiger partial charge is 0.276 e. The van der Waals surface area contributed by atoms with Crippen LogP contribution in [0.3, 0.4) is 0 Å². The minimum Gasteiger partial charge on any atom is -0.321 e. The van der Waals surface area contributed by atoms with Crippen LogP contribution in [0.2, 0.25) is 0 Å². The van der Waals surface area contributed by atoms with Crippen LogP contribution in [0.1, 0.15) is 16.2 Å². The van der Waals surface area contributed by atoms with Gasteiger partial charge < -0.3 is 9.50 Å². The number of carbonyl (C=O) groups excluding carboxylic acids is 1. The van der Waals surface area contributed by atoms with E-state index in [1.54, 1.807) is 22.4 Å². The minimum atomic E-state index is -0.330. The normalized spacial score (nSPS) is 11.1. The predicted molar refractivity (Wildman–Crippen MR) is 125 cm³/mol. The van der Waals surface area contributed by atoms with Gasteiger partial charge in [0.1, 0.15) is 6.33 Å². The number of benzene rings is 1. The summed E-state index contributed by atoms with van der Waals surface area (Å²) in [6.45, 7) is 1.91. The lowest BCUT2D eigenvalue weighted by Crippen LogP contribution is -2.13. The molecule has 10 heteroatoms. The Morgan fingerprint density at radius 3 is 2.82 bits per heavy atom. The van der Waals surface area contributed by atoms with E-state index in [1.165, 1.54) is 18.4 Å². The van der Waals surface area contributed by atoms with Crippen LogP contribution in [0, 0.1) is 6.92 Å². The van der Waals surface area contributed by atoms with Crippen LogP contribution in [0.4, 0.5) is 5.69 Å². The van der Waals surface area contributed by atoms with Crippen molar-refractivity contribution >= 4 is 29.3 Å². The third-order valence-electron chi connectivity index (χ3n) is 4.87. The first-order valence-electron chi connectivity index (χ1n) is 10.1. The van der Waals surface area contributed by atoms with Crippen molar-refractivity contribution in [2.24, 2.45) is 0 Å². The van der Waals surface area contributed by atoms with Gasteiger partial charge in [-0.1, -0.05) is 12.1 Å². The van der Waals surface area contributed by atoms with E-state index in [0.717, 1.165) is 21.8 Å². The zero-order valence-corrected chi connectivity index (χ0v) is 18.7. The predicted octanol–water partition coefficient (Wildman–Crippen LogP) is 4.19. The number of aryl methyl sites for hydroxylation is 1. The van der Waals surface area contributed by atoms with Gasteiger partial charge in [-0.15, -0.1) is 0 Å². The maximum absolute atomic E-state index is 13.1. The first-order valence-corrected chi connectivity index (χ1v) is 10.8. The van der Waals surface area contributed by atoms with E-state index >= 15 is 0 Å². The molecule has 1 N–H and O–H groups in total. The maximum atomic E-state index is 13.1. The topological polar surface area (TPSA) is 99.2 Å². The highest BCUT2D eigenvalue weighted by atomic mass is 32.2. The van der Waals surface area contributed by atoms with Crippen molar-refractivity contribution < 1.29 is 8.98 Å². The van der Waals surface area contributed by atoms with E-state index in [9.17, 15) is 4.79 Å². The van der Waals surface area contributed by atoms with Gasteiger partial charge in [-0.25, -0.2) is 19.2 Å². The summed E-state index contributed by atoms with van der Waals surface area (Å²) in [5.74, 6) is 0.283. The highest BCUT2D eigenvalue weighted by molar-refractivity contribution is 7.94. The SMILES string of the molecule is COSc1cccc(NC(=O)c2cc(-c3ccc4ncnn4c3)n(-c3cccc(C)n3)n2)c1. The van der Waals surface area contributed by atoms with Crippen molar-refractivity contribution in [2.45, 2.75) is 11.8 Å². The molecular formula is C23H19N7O2S. The standard InChI is InChI=1S/C23H19N7O2S/c1-15-5-3-8-22(26-15)30-20(16-9-10-21-24-14-25-29(21)13-16)12-19(28-30)23(31)27-17-6-4-7-18(11-17)33-32-2/h3-14H,1-2H3,(H,27,31). The van der Waals surface area contributed by atoms with Crippen molar-refractivity contribution in [1.82, 2.24) is 29.4 Å². The van der Waals surface area contributed by atoms with Gasteiger partial charge in [0.25, 0.3) is 5.91 Å². The van der Waals surface area contributed by atoms with E-state index in [2.05, 4.69) is 25.5 Å². The van der Waals surface area contributed by atoms with Crippen molar-refractivity contribution in [2.75, 3.05) is 12.4 Å². The molecule has 5 aromatic rings. The summed E-state index contributed by atoms with van der Waals surface area (Å²) in [6.07, 6.45) is 3.34. The number of aromatic nitrogens is 6. The monoisotopic (exact) mass is 457 g/mol. The van der Waals surface area contributed by atoms with Gasteiger partial charge in [0.05, 0.1) is 12.8 Å². The molecule has 33 heavy (non-hydrogen) atoms. The number of hydrogen-bond donors (Lipinski definition) is 1. The molecule has 0 saturated carbocycles. The van der Waals surface area contributed by atoms with Crippen LogP contribution >= 0.6 is 12.0 Å². The minimum absolute atomic E-state index is 0.261. The first-order chi connectivity index (χ1) is 16.1. The van der Waals surface area contributed by atoms with Gasteiger partial charge in [0.2, 0.25) is 0 Å². The average Bonchev–Trinajstić information content (AvgIpc) is 3.46. The molecule has 164 valence electrons. The van der Waals surface area contributed by atoms with Gasteiger partial charge in [0.15, 0.2) is 17.2 Å². The highest BCUT2D eigenvalue weighted by Gasteiger charge is 2.18. The lowest BCUT2D eigenvalue weighted by Gasteiger charge is -2.07. The summed E-state index contributed by atoms with van der Waals surface area (Å²) < 4.78 is 8.43. The molecule has 0 bridgehead atoms. The molecule has 0 aliphatic rings. The summed E-state index contributed by atoms with van der Waals surface area (Å²) in [5, 5.41) is 11.7. The number of hydrogen-bond acceptors (Lipinski definition) is 7. The Hall–Kier alpha value is -4.02. The van der Waals surface area contributed by atoms with Crippen molar-refractivity contribution in [3.63, 3.8) is 0 Å². The molecule has 0 radical (unpaired) electrons. The van der Waals surface area contributed by atoms with Gasteiger partial charge in [-0.2, -0.15) is 10.2 Å². The number of nitrogens with one attached hydrogen (secondary N) is 1. The molecule has 0 fully saturated rings. The lowest BCUT2D eigenvalue weighted by molar-refractivity contribution is 0.102. The van der Waals surface area contributed by atoms with Gasteiger partial charge in [0, 0.05) is 40.1 Å². The van der Waals surface area contributed by atoms with Crippen LogP contribution in [0.15, 0.2) is 78.1 Å².